The van der Waals surface area contributed by atoms with Crippen molar-refractivity contribution in [2.24, 2.45) is 0 Å². The minimum Gasteiger partial charge on any atom is -0.454 e. The number of nitrogens with zero attached hydrogens (tertiary/aromatic N) is 3. The van der Waals surface area contributed by atoms with Crippen LogP contribution in [0.5, 0.6) is 0 Å². The SMILES string of the molecule is c1ccc(-n2c3ccc4c5ccccc5oc4c3n3c4ccccc4nc23)cc1. The zero-order chi connectivity index (χ0) is 18.9. The van der Waals surface area contributed by atoms with Gasteiger partial charge in [0, 0.05) is 16.5 Å². The standard InChI is InChI=1S/C25H15N3O/c1-2-8-16(9-3-1)27-21-15-14-18-17-10-4-7-13-22(17)29-24(18)23(21)28-20-12-6-5-11-19(20)26-25(27)28/h1-15H. The Labute approximate surface area is 165 Å². The zero-order valence-corrected chi connectivity index (χ0v) is 15.4. The van der Waals surface area contributed by atoms with Crippen LogP contribution in [0, 0.1) is 0 Å². The van der Waals surface area contributed by atoms with E-state index in [1.807, 2.05) is 24.3 Å². The molecular weight excluding hydrogens is 358 g/mol. The molecule has 0 spiro atoms. The van der Waals surface area contributed by atoms with Gasteiger partial charge >= 0.3 is 0 Å². The van der Waals surface area contributed by atoms with Crippen molar-refractivity contribution in [3.05, 3.63) is 91.0 Å². The van der Waals surface area contributed by atoms with Crippen molar-refractivity contribution in [2.45, 2.75) is 0 Å². The van der Waals surface area contributed by atoms with Gasteiger partial charge in [-0.1, -0.05) is 48.5 Å². The third kappa shape index (κ3) is 1.85. The Balaban J connectivity index is 1.80. The molecule has 3 aromatic heterocycles. The molecule has 0 saturated heterocycles. The van der Waals surface area contributed by atoms with Gasteiger partial charge in [-0.3, -0.25) is 8.97 Å². The Morgan fingerprint density at radius 3 is 2.38 bits per heavy atom. The number of furan rings is 1. The van der Waals surface area contributed by atoms with Crippen LogP contribution < -0.4 is 0 Å². The average Bonchev–Trinajstić information content (AvgIpc) is 3.42. The first-order valence-corrected chi connectivity index (χ1v) is 9.67. The first-order chi connectivity index (χ1) is 14.4. The summed E-state index contributed by atoms with van der Waals surface area (Å²) in [5.74, 6) is 0.889. The molecule has 0 bridgehead atoms. The summed E-state index contributed by atoms with van der Waals surface area (Å²) in [6.45, 7) is 0. The number of rotatable bonds is 1. The Bertz CT molecular complexity index is 1700. The van der Waals surface area contributed by atoms with Crippen molar-refractivity contribution in [3.63, 3.8) is 0 Å². The molecule has 7 aromatic rings. The Hall–Kier alpha value is -4.05. The van der Waals surface area contributed by atoms with Crippen LogP contribution in [0.25, 0.3) is 55.5 Å². The molecule has 0 fully saturated rings. The predicted molar refractivity (Wildman–Crippen MR) is 117 cm³/mol. The predicted octanol–water partition coefficient (Wildman–Crippen LogP) is 6.33. The monoisotopic (exact) mass is 373 g/mol. The molecule has 0 radical (unpaired) electrons. The molecule has 3 heterocycles. The first kappa shape index (κ1) is 14.9. The molecule has 4 aromatic carbocycles. The maximum absolute atomic E-state index is 6.38. The van der Waals surface area contributed by atoms with E-state index in [2.05, 4.69) is 75.7 Å². The van der Waals surface area contributed by atoms with Crippen molar-refractivity contribution in [1.29, 1.82) is 0 Å². The summed E-state index contributed by atoms with van der Waals surface area (Å²) < 4.78 is 10.8. The second-order valence-electron chi connectivity index (χ2n) is 7.32. The van der Waals surface area contributed by atoms with Gasteiger partial charge in [0.15, 0.2) is 5.58 Å². The molecule has 29 heavy (non-hydrogen) atoms. The van der Waals surface area contributed by atoms with E-state index in [4.69, 9.17) is 9.40 Å². The summed E-state index contributed by atoms with van der Waals surface area (Å²) in [4.78, 5) is 4.97. The van der Waals surface area contributed by atoms with Crippen LogP contribution in [0.3, 0.4) is 0 Å². The molecule has 4 nitrogen and oxygen atoms in total. The molecule has 0 amide bonds. The van der Waals surface area contributed by atoms with E-state index >= 15 is 0 Å². The van der Waals surface area contributed by atoms with Crippen LogP contribution in [0.4, 0.5) is 0 Å². The molecule has 4 heteroatoms. The summed E-state index contributed by atoms with van der Waals surface area (Å²) in [6.07, 6.45) is 0. The summed E-state index contributed by atoms with van der Waals surface area (Å²) in [5.41, 5.74) is 7.06. The maximum atomic E-state index is 6.38. The molecule has 0 aliphatic carbocycles. The Kier molecular flexibility index (Phi) is 2.71. The largest absolute Gasteiger partial charge is 0.454 e. The topological polar surface area (TPSA) is 35.4 Å². The molecule has 0 aliphatic rings. The van der Waals surface area contributed by atoms with Crippen molar-refractivity contribution >= 4 is 49.8 Å². The van der Waals surface area contributed by atoms with Crippen LogP contribution in [0.2, 0.25) is 0 Å². The maximum Gasteiger partial charge on any atom is 0.220 e. The second kappa shape index (κ2) is 5.26. The van der Waals surface area contributed by atoms with Crippen molar-refractivity contribution in [1.82, 2.24) is 14.0 Å². The number of aromatic nitrogens is 3. The fourth-order valence-corrected chi connectivity index (χ4v) is 4.48. The van der Waals surface area contributed by atoms with Gasteiger partial charge in [-0.25, -0.2) is 4.98 Å². The van der Waals surface area contributed by atoms with Gasteiger partial charge in [0.25, 0.3) is 0 Å². The number of hydrogen-bond acceptors (Lipinski definition) is 2. The number of benzene rings is 4. The van der Waals surface area contributed by atoms with E-state index in [0.717, 1.165) is 55.5 Å². The lowest BCUT2D eigenvalue weighted by Gasteiger charge is -2.04. The van der Waals surface area contributed by atoms with Gasteiger partial charge in [0.05, 0.1) is 16.6 Å². The third-order valence-corrected chi connectivity index (χ3v) is 5.72. The lowest BCUT2D eigenvalue weighted by Crippen LogP contribution is -1.94. The van der Waals surface area contributed by atoms with E-state index in [1.165, 1.54) is 0 Å². The van der Waals surface area contributed by atoms with Crippen LogP contribution in [0.1, 0.15) is 0 Å². The lowest BCUT2D eigenvalue weighted by molar-refractivity contribution is 0.671. The molecule has 0 unspecified atom stereocenters. The average molecular weight is 373 g/mol. The molecule has 7 rings (SSSR count). The van der Waals surface area contributed by atoms with Gasteiger partial charge in [-0.2, -0.15) is 0 Å². The fourth-order valence-electron chi connectivity index (χ4n) is 4.48. The molecular formula is C25H15N3O. The Morgan fingerprint density at radius 2 is 1.45 bits per heavy atom. The van der Waals surface area contributed by atoms with E-state index in [0.29, 0.717) is 0 Å². The quantitative estimate of drug-likeness (QED) is 0.337. The highest BCUT2D eigenvalue weighted by atomic mass is 16.3. The summed E-state index contributed by atoms with van der Waals surface area (Å²) >= 11 is 0. The minimum atomic E-state index is 0.889. The van der Waals surface area contributed by atoms with Crippen molar-refractivity contribution in [2.75, 3.05) is 0 Å². The summed E-state index contributed by atoms with van der Waals surface area (Å²) in [7, 11) is 0. The number of imidazole rings is 2. The molecule has 0 saturated carbocycles. The van der Waals surface area contributed by atoms with Gasteiger partial charge in [0.1, 0.15) is 11.1 Å². The van der Waals surface area contributed by atoms with Crippen molar-refractivity contribution in [3.8, 4) is 5.69 Å². The number of hydrogen-bond donors (Lipinski definition) is 0. The highest BCUT2D eigenvalue weighted by Crippen LogP contribution is 2.37. The van der Waals surface area contributed by atoms with Crippen LogP contribution in [0.15, 0.2) is 95.4 Å². The van der Waals surface area contributed by atoms with Crippen LogP contribution in [-0.2, 0) is 0 Å². The minimum absolute atomic E-state index is 0.889. The second-order valence-corrected chi connectivity index (χ2v) is 7.32. The third-order valence-electron chi connectivity index (χ3n) is 5.72. The zero-order valence-electron chi connectivity index (χ0n) is 15.4. The van der Waals surface area contributed by atoms with Gasteiger partial charge in [0.2, 0.25) is 5.78 Å². The molecule has 0 N–H and O–H groups in total. The summed E-state index contributed by atoms with van der Waals surface area (Å²) in [5, 5.41) is 2.26. The van der Waals surface area contributed by atoms with E-state index in [9.17, 15) is 0 Å². The van der Waals surface area contributed by atoms with Crippen LogP contribution in [-0.4, -0.2) is 14.0 Å². The fraction of sp³-hybridized carbons (Fsp3) is 0. The number of para-hydroxylation sites is 4. The number of fused-ring (bicyclic) bond motifs is 9. The highest BCUT2D eigenvalue weighted by Gasteiger charge is 2.21. The summed E-state index contributed by atoms with van der Waals surface area (Å²) in [6, 6.07) is 31.2. The first-order valence-electron chi connectivity index (χ1n) is 9.67. The lowest BCUT2D eigenvalue weighted by atomic mass is 10.1. The van der Waals surface area contributed by atoms with Crippen LogP contribution >= 0.6 is 0 Å². The smallest absolute Gasteiger partial charge is 0.220 e. The van der Waals surface area contributed by atoms with Gasteiger partial charge in [-0.15, -0.1) is 0 Å². The van der Waals surface area contributed by atoms with E-state index in [-0.39, 0.29) is 0 Å². The molecule has 0 aliphatic heterocycles. The van der Waals surface area contributed by atoms with Crippen molar-refractivity contribution < 1.29 is 4.42 Å². The van der Waals surface area contributed by atoms with Gasteiger partial charge in [-0.05, 0) is 42.5 Å². The van der Waals surface area contributed by atoms with Gasteiger partial charge < -0.3 is 4.42 Å². The molecule has 0 atom stereocenters. The van der Waals surface area contributed by atoms with E-state index in [1.54, 1.807) is 0 Å². The molecule has 136 valence electrons. The van der Waals surface area contributed by atoms with E-state index < -0.39 is 0 Å². The highest BCUT2D eigenvalue weighted by molar-refractivity contribution is 6.15. The normalized spacial score (nSPS) is 12.1. The Morgan fingerprint density at radius 1 is 0.655 bits per heavy atom.